The number of alkyl halides is 3. The van der Waals surface area contributed by atoms with E-state index in [0.29, 0.717) is 5.01 Å². The maximum atomic E-state index is 11.6. The quantitative estimate of drug-likeness (QED) is 0.630. The van der Waals surface area contributed by atoms with Crippen LogP contribution < -0.4 is 5.48 Å². The van der Waals surface area contributed by atoms with Gasteiger partial charge in [0.15, 0.2) is 6.61 Å². The normalized spacial score (nSPS) is 12.0. The number of rotatable bonds is 4. The van der Waals surface area contributed by atoms with Crippen LogP contribution in [0.2, 0.25) is 0 Å². The van der Waals surface area contributed by atoms with Crippen molar-refractivity contribution < 1.29 is 18.0 Å². The van der Waals surface area contributed by atoms with E-state index in [1.807, 2.05) is 12.3 Å². The van der Waals surface area contributed by atoms with Gasteiger partial charge in [-0.2, -0.15) is 18.7 Å². The number of hydrogen-bond acceptors (Lipinski definition) is 4. The van der Waals surface area contributed by atoms with Gasteiger partial charge in [0, 0.05) is 11.1 Å². The first-order valence-corrected chi connectivity index (χ1v) is 4.68. The Hall–Kier alpha value is -0.660. The second kappa shape index (κ2) is 4.72. The van der Waals surface area contributed by atoms with E-state index in [4.69, 9.17) is 0 Å². The SMILES string of the molecule is Cc1csc(CNOCC(F)(F)F)n1. The highest BCUT2D eigenvalue weighted by Gasteiger charge is 2.27. The summed E-state index contributed by atoms with van der Waals surface area (Å²) in [5.74, 6) is 0. The Morgan fingerprint density at radius 3 is 2.79 bits per heavy atom. The maximum absolute atomic E-state index is 11.6. The van der Waals surface area contributed by atoms with E-state index in [0.717, 1.165) is 5.69 Å². The molecule has 0 aliphatic heterocycles. The molecule has 0 aromatic carbocycles. The van der Waals surface area contributed by atoms with Crippen LogP contribution in [0.3, 0.4) is 0 Å². The lowest BCUT2D eigenvalue weighted by atomic mass is 10.6. The molecule has 0 saturated carbocycles. The van der Waals surface area contributed by atoms with Crippen LogP contribution >= 0.6 is 11.3 Å². The van der Waals surface area contributed by atoms with E-state index in [1.165, 1.54) is 11.3 Å². The minimum Gasteiger partial charge on any atom is -0.292 e. The molecule has 80 valence electrons. The molecule has 1 aromatic heterocycles. The van der Waals surface area contributed by atoms with Gasteiger partial charge >= 0.3 is 6.18 Å². The Morgan fingerprint density at radius 2 is 2.29 bits per heavy atom. The average molecular weight is 226 g/mol. The maximum Gasteiger partial charge on any atom is 0.413 e. The number of halogens is 3. The van der Waals surface area contributed by atoms with Gasteiger partial charge in [0.2, 0.25) is 0 Å². The van der Waals surface area contributed by atoms with Gasteiger partial charge in [-0.25, -0.2) is 4.98 Å². The molecule has 0 radical (unpaired) electrons. The van der Waals surface area contributed by atoms with Crippen molar-refractivity contribution in [3.05, 3.63) is 16.1 Å². The van der Waals surface area contributed by atoms with Crippen LogP contribution in [-0.4, -0.2) is 17.8 Å². The highest BCUT2D eigenvalue weighted by molar-refractivity contribution is 7.09. The minimum absolute atomic E-state index is 0.189. The van der Waals surface area contributed by atoms with Gasteiger partial charge in [-0.15, -0.1) is 11.3 Å². The van der Waals surface area contributed by atoms with E-state index in [9.17, 15) is 13.2 Å². The van der Waals surface area contributed by atoms with Gasteiger partial charge in [0.05, 0.1) is 6.54 Å². The Morgan fingerprint density at radius 1 is 1.57 bits per heavy atom. The Labute approximate surface area is 82.9 Å². The summed E-state index contributed by atoms with van der Waals surface area (Å²) in [5.41, 5.74) is 3.05. The molecule has 0 spiro atoms. The Balaban J connectivity index is 2.16. The topological polar surface area (TPSA) is 34.1 Å². The van der Waals surface area contributed by atoms with E-state index >= 15 is 0 Å². The summed E-state index contributed by atoms with van der Waals surface area (Å²) in [6.45, 7) is 0.711. The zero-order chi connectivity index (χ0) is 10.6. The molecule has 0 amide bonds. The first-order chi connectivity index (χ1) is 6.47. The summed E-state index contributed by atoms with van der Waals surface area (Å²) in [4.78, 5) is 8.24. The monoisotopic (exact) mass is 226 g/mol. The first kappa shape index (κ1) is 11.4. The summed E-state index contributed by atoms with van der Waals surface area (Å²) >= 11 is 1.37. The van der Waals surface area contributed by atoms with Crippen LogP contribution in [0, 0.1) is 6.92 Å². The molecule has 0 bridgehead atoms. The molecule has 0 saturated heterocycles. The molecule has 0 unspecified atom stereocenters. The van der Waals surface area contributed by atoms with Crippen LogP contribution in [0.15, 0.2) is 5.38 Å². The lowest BCUT2D eigenvalue weighted by Gasteiger charge is -2.06. The standard InChI is InChI=1S/C7H9F3N2OS/c1-5-3-14-6(12-5)2-11-13-4-7(8,9)10/h3,11H,2,4H2,1H3. The predicted octanol–water partition coefficient (Wildman–Crippen LogP) is 2.04. The highest BCUT2D eigenvalue weighted by Crippen LogP contribution is 2.14. The molecule has 0 aliphatic carbocycles. The van der Waals surface area contributed by atoms with Gasteiger partial charge in [-0.05, 0) is 6.92 Å². The van der Waals surface area contributed by atoms with Crippen molar-refractivity contribution in [3.63, 3.8) is 0 Å². The fourth-order valence-corrected chi connectivity index (χ4v) is 1.43. The van der Waals surface area contributed by atoms with Gasteiger partial charge in [-0.1, -0.05) is 0 Å². The fourth-order valence-electron chi connectivity index (χ4n) is 0.730. The molecule has 3 nitrogen and oxygen atoms in total. The molecule has 0 fully saturated rings. The molecular formula is C7H9F3N2OS. The number of aryl methyl sites for hydroxylation is 1. The highest BCUT2D eigenvalue weighted by atomic mass is 32.1. The van der Waals surface area contributed by atoms with Gasteiger partial charge in [-0.3, -0.25) is 4.84 Å². The summed E-state index contributed by atoms with van der Waals surface area (Å²) in [6.07, 6.45) is -4.30. The second-order valence-electron chi connectivity index (χ2n) is 2.61. The van der Waals surface area contributed by atoms with Crippen molar-refractivity contribution in [3.8, 4) is 0 Å². The number of thiazole rings is 1. The third-order valence-corrected chi connectivity index (χ3v) is 2.19. The summed E-state index contributed by atoms with van der Waals surface area (Å²) in [6, 6.07) is 0. The number of nitrogens with one attached hydrogen (secondary N) is 1. The number of nitrogens with zero attached hydrogens (tertiary/aromatic N) is 1. The van der Waals surface area contributed by atoms with Crippen LogP contribution in [0.25, 0.3) is 0 Å². The molecule has 14 heavy (non-hydrogen) atoms. The van der Waals surface area contributed by atoms with Crippen molar-refractivity contribution in [1.82, 2.24) is 10.5 Å². The van der Waals surface area contributed by atoms with Crippen LogP contribution in [0.5, 0.6) is 0 Å². The molecule has 0 atom stereocenters. The van der Waals surface area contributed by atoms with Gasteiger partial charge < -0.3 is 0 Å². The van der Waals surface area contributed by atoms with E-state index in [1.54, 1.807) is 0 Å². The minimum atomic E-state index is -4.30. The zero-order valence-corrected chi connectivity index (χ0v) is 8.21. The summed E-state index contributed by atoms with van der Waals surface area (Å²) in [5, 5.41) is 2.52. The Kier molecular flexibility index (Phi) is 3.85. The van der Waals surface area contributed by atoms with Crippen molar-refractivity contribution >= 4 is 11.3 Å². The second-order valence-corrected chi connectivity index (χ2v) is 3.55. The molecule has 0 aliphatic rings. The summed E-state index contributed by atoms with van der Waals surface area (Å²) < 4.78 is 34.8. The van der Waals surface area contributed by atoms with Gasteiger partial charge in [0.25, 0.3) is 0 Å². The third-order valence-electron chi connectivity index (χ3n) is 1.23. The van der Waals surface area contributed by atoms with Crippen LogP contribution in [0.1, 0.15) is 10.7 Å². The smallest absolute Gasteiger partial charge is 0.292 e. The van der Waals surface area contributed by atoms with E-state index in [-0.39, 0.29) is 6.54 Å². The van der Waals surface area contributed by atoms with Crippen molar-refractivity contribution in [2.75, 3.05) is 6.61 Å². The van der Waals surface area contributed by atoms with E-state index < -0.39 is 12.8 Å². The molecular weight excluding hydrogens is 217 g/mol. The third kappa shape index (κ3) is 4.54. The molecule has 1 heterocycles. The lowest BCUT2D eigenvalue weighted by Crippen LogP contribution is -2.24. The number of hydrogen-bond donors (Lipinski definition) is 1. The van der Waals surface area contributed by atoms with Crippen molar-refractivity contribution in [2.45, 2.75) is 19.6 Å². The predicted molar refractivity (Wildman–Crippen MR) is 45.7 cm³/mol. The molecule has 7 heteroatoms. The van der Waals surface area contributed by atoms with Crippen LogP contribution in [0.4, 0.5) is 13.2 Å². The summed E-state index contributed by atoms with van der Waals surface area (Å²) in [7, 11) is 0. The lowest BCUT2D eigenvalue weighted by molar-refractivity contribution is -0.190. The Bertz CT molecular complexity index is 287. The molecule has 1 rings (SSSR count). The largest absolute Gasteiger partial charge is 0.413 e. The number of hydroxylamine groups is 1. The number of aromatic nitrogens is 1. The average Bonchev–Trinajstić information content (AvgIpc) is 2.44. The van der Waals surface area contributed by atoms with Crippen molar-refractivity contribution in [1.29, 1.82) is 0 Å². The van der Waals surface area contributed by atoms with E-state index in [2.05, 4.69) is 15.3 Å². The zero-order valence-electron chi connectivity index (χ0n) is 7.39. The van der Waals surface area contributed by atoms with Gasteiger partial charge in [0.1, 0.15) is 5.01 Å². The van der Waals surface area contributed by atoms with Crippen molar-refractivity contribution in [2.24, 2.45) is 0 Å². The fraction of sp³-hybridized carbons (Fsp3) is 0.571. The van der Waals surface area contributed by atoms with Crippen LogP contribution in [-0.2, 0) is 11.4 Å². The molecule has 1 N–H and O–H groups in total. The molecule has 1 aromatic rings. The first-order valence-electron chi connectivity index (χ1n) is 3.80.